The second-order valence-electron chi connectivity index (χ2n) is 2.82. The number of phenols is 1. The molecule has 0 bridgehead atoms. The third-order valence-electron chi connectivity index (χ3n) is 1.87. The minimum atomic E-state index is -0.872. The van der Waals surface area contributed by atoms with E-state index in [1.807, 2.05) is 0 Å². The Labute approximate surface area is 81.3 Å². The summed E-state index contributed by atoms with van der Waals surface area (Å²) in [6, 6.07) is 3.47. The van der Waals surface area contributed by atoms with Crippen LogP contribution in [0.5, 0.6) is 5.75 Å². The Morgan fingerprint density at radius 1 is 1.57 bits per heavy atom. The highest BCUT2D eigenvalue weighted by Crippen LogP contribution is 2.23. The van der Waals surface area contributed by atoms with Crippen molar-refractivity contribution in [1.29, 1.82) is 0 Å². The fourth-order valence-corrected chi connectivity index (χ4v) is 1.03. The van der Waals surface area contributed by atoms with E-state index in [1.165, 1.54) is 25.3 Å². The third kappa shape index (κ3) is 1.94. The highest BCUT2D eigenvalue weighted by molar-refractivity contribution is 5.78. The summed E-state index contributed by atoms with van der Waals surface area (Å²) >= 11 is 0. The number of nitrogen functional groups attached to an aromatic ring is 1. The van der Waals surface area contributed by atoms with Gasteiger partial charge in [-0.15, -0.1) is 0 Å². The molecule has 5 heteroatoms. The fourth-order valence-electron chi connectivity index (χ4n) is 1.03. The number of hydrogen-bond acceptors (Lipinski definition) is 5. The molecule has 0 saturated carbocycles. The third-order valence-corrected chi connectivity index (χ3v) is 1.87. The summed E-state index contributed by atoms with van der Waals surface area (Å²) in [5, 5.41) is 9.14. The van der Waals surface area contributed by atoms with E-state index in [0.29, 0.717) is 5.56 Å². The maximum atomic E-state index is 11.1. The first-order valence-corrected chi connectivity index (χ1v) is 3.98. The molecule has 0 fully saturated rings. The molecule has 0 aromatic heterocycles. The van der Waals surface area contributed by atoms with Gasteiger partial charge in [-0.25, -0.2) is 0 Å². The van der Waals surface area contributed by atoms with Gasteiger partial charge in [0.2, 0.25) is 0 Å². The van der Waals surface area contributed by atoms with E-state index in [0.717, 1.165) is 0 Å². The number of aromatic hydroxyl groups is 1. The molecule has 1 unspecified atom stereocenters. The maximum absolute atomic E-state index is 11.1. The van der Waals surface area contributed by atoms with Crippen LogP contribution in [0.25, 0.3) is 0 Å². The van der Waals surface area contributed by atoms with Crippen LogP contribution in [-0.4, -0.2) is 18.2 Å². The topological polar surface area (TPSA) is 98.6 Å². The molecule has 1 aromatic carbocycles. The van der Waals surface area contributed by atoms with Crippen molar-refractivity contribution in [2.45, 2.75) is 6.04 Å². The normalized spacial score (nSPS) is 12.1. The molecule has 0 aliphatic carbocycles. The molecule has 1 rings (SSSR count). The van der Waals surface area contributed by atoms with Gasteiger partial charge < -0.3 is 21.3 Å². The van der Waals surface area contributed by atoms with Gasteiger partial charge >= 0.3 is 5.97 Å². The van der Waals surface area contributed by atoms with Crippen LogP contribution in [0.2, 0.25) is 0 Å². The highest BCUT2D eigenvalue weighted by atomic mass is 16.5. The van der Waals surface area contributed by atoms with Crippen molar-refractivity contribution in [3.63, 3.8) is 0 Å². The largest absolute Gasteiger partial charge is 0.506 e. The van der Waals surface area contributed by atoms with Crippen LogP contribution in [0, 0.1) is 0 Å². The Hall–Kier alpha value is -1.75. The monoisotopic (exact) mass is 196 g/mol. The number of ether oxygens (including phenoxy) is 1. The summed E-state index contributed by atoms with van der Waals surface area (Å²) in [6.45, 7) is 0. The molecule has 0 spiro atoms. The van der Waals surface area contributed by atoms with Crippen LogP contribution in [0.1, 0.15) is 11.6 Å². The molecule has 5 nitrogen and oxygen atoms in total. The van der Waals surface area contributed by atoms with Gasteiger partial charge in [0, 0.05) is 0 Å². The summed E-state index contributed by atoms with van der Waals surface area (Å²) in [7, 11) is 1.26. The molecule has 5 N–H and O–H groups in total. The Morgan fingerprint density at radius 2 is 2.21 bits per heavy atom. The highest BCUT2D eigenvalue weighted by Gasteiger charge is 2.16. The number of methoxy groups -OCH3 is 1. The first-order valence-electron chi connectivity index (χ1n) is 3.98. The number of anilines is 1. The number of phenolic OH excluding ortho intramolecular Hbond substituents is 1. The Morgan fingerprint density at radius 3 is 2.71 bits per heavy atom. The lowest BCUT2D eigenvalue weighted by Crippen LogP contribution is -2.22. The maximum Gasteiger partial charge on any atom is 0.327 e. The van der Waals surface area contributed by atoms with Crippen LogP contribution in [0.4, 0.5) is 5.69 Å². The van der Waals surface area contributed by atoms with Crippen molar-refractivity contribution in [2.24, 2.45) is 5.73 Å². The van der Waals surface area contributed by atoms with Gasteiger partial charge in [0.15, 0.2) is 0 Å². The van der Waals surface area contributed by atoms with E-state index in [4.69, 9.17) is 16.6 Å². The molecular weight excluding hydrogens is 184 g/mol. The second kappa shape index (κ2) is 3.97. The van der Waals surface area contributed by atoms with Crippen molar-refractivity contribution in [2.75, 3.05) is 12.8 Å². The Kier molecular flexibility index (Phi) is 2.93. The molecule has 1 aromatic rings. The van der Waals surface area contributed by atoms with Crippen molar-refractivity contribution in [3.05, 3.63) is 23.8 Å². The number of rotatable bonds is 2. The van der Waals surface area contributed by atoms with Crippen LogP contribution < -0.4 is 11.5 Å². The van der Waals surface area contributed by atoms with Gasteiger partial charge in [-0.2, -0.15) is 0 Å². The molecular formula is C9H12N2O3. The predicted molar refractivity (Wildman–Crippen MR) is 51.5 cm³/mol. The summed E-state index contributed by atoms with van der Waals surface area (Å²) < 4.78 is 4.47. The molecule has 14 heavy (non-hydrogen) atoms. The number of esters is 1. The van der Waals surface area contributed by atoms with Gasteiger partial charge in [0.05, 0.1) is 12.8 Å². The Bertz CT molecular complexity index is 352. The molecule has 76 valence electrons. The number of benzene rings is 1. The van der Waals surface area contributed by atoms with Crippen molar-refractivity contribution < 1.29 is 14.6 Å². The second-order valence-corrected chi connectivity index (χ2v) is 2.82. The molecule has 1 atom stereocenters. The molecule has 0 heterocycles. The zero-order chi connectivity index (χ0) is 10.7. The SMILES string of the molecule is COC(=O)C(N)c1ccc(O)c(N)c1. The molecule has 0 saturated heterocycles. The van der Waals surface area contributed by atoms with Crippen molar-refractivity contribution >= 4 is 11.7 Å². The first kappa shape index (κ1) is 10.3. The quantitative estimate of drug-likeness (QED) is 0.355. The van der Waals surface area contributed by atoms with Gasteiger partial charge in [0.1, 0.15) is 11.8 Å². The predicted octanol–water partition coefficient (Wildman–Crippen LogP) is 0.147. The standard InChI is InChI=1S/C9H12N2O3/c1-14-9(13)8(11)5-2-3-7(12)6(10)4-5/h2-4,8,12H,10-11H2,1H3. The summed E-state index contributed by atoms with van der Waals surface area (Å²) in [5.41, 5.74) is 11.7. The lowest BCUT2D eigenvalue weighted by molar-refractivity contribution is -0.142. The zero-order valence-corrected chi connectivity index (χ0v) is 7.73. The molecule has 0 aliphatic rings. The van der Waals surface area contributed by atoms with E-state index in [1.54, 1.807) is 0 Å². The van der Waals surface area contributed by atoms with Crippen molar-refractivity contribution in [3.8, 4) is 5.75 Å². The average molecular weight is 196 g/mol. The van der Waals surface area contributed by atoms with E-state index in [2.05, 4.69) is 4.74 Å². The summed E-state index contributed by atoms with van der Waals surface area (Å²) in [5.74, 6) is -0.582. The lowest BCUT2D eigenvalue weighted by Gasteiger charge is -2.10. The van der Waals surface area contributed by atoms with E-state index in [-0.39, 0.29) is 11.4 Å². The van der Waals surface area contributed by atoms with E-state index >= 15 is 0 Å². The molecule has 0 radical (unpaired) electrons. The zero-order valence-electron chi connectivity index (χ0n) is 7.73. The van der Waals surface area contributed by atoms with Gasteiger partial charge in [0.25, 0.3) is 0 Å². The number of carbonyl (C=O) groups is 1. The molecule has 0 aliphatic heterocycles. The van der Waals surface area contributed by atoms with E-state index < -0.39 is 12.0 Å². The minimum absolute atomic E-state index is 0.0363. The first-order chi connectivity index (χ1) is 6.56. The summed E-state index contributed by atoms with van der Waals surface area (Å²) in [4.78, 5) is 11.1. The molecule has 0 amide bonds. The van der Waals surface area contributed by atoms with Crippen LogP contribution in [-0.2, 0) is 9.53 Å². The fraction of sp³-hybridized carbons (Fsp3) is 0.222. The van der Waals surface area contributed by atoms with Gasteiger partial charge in [-0.05, 0) is 17.7 Å². The van der Waals surface area contributed by atoms with Crippen molar-refractivity contribution in [1.82, 2.24) is 0 Å². The minimum Gasteiger partial charge on any atom is -0.506 e. The number of hydrogen-bond donors (Lipinski definition) is 3. The number of carbonyl (C=O) groups excluding carboxylic acids is 1. The lowest BCUT2D eigenvalue weighted by atomic mass is 10.1. The van der Waals surface area contributed by atoms with Crippen LogP contribution in [0.15, 0.2) is 18.2 Å². The van der Waals surface area contributed by atoms with E-state index in [9.17, 15) is 4.79 Å². The van der Waals surface area contributed by atoms with Crippen LogP contribution in [0.3, 0.4) is 0 Å². The van der Waals surface area contributed by atoms with Crippen LogP contribution >= 0.6 is 0 Å². The summed E-state index contributed by atoms with van der Waals surface area (Å²) in [6.07, 6.45) is 0. The Balaban J connectivity index is 2.96. The van der Waals surface area contributed by atoms with Gasteiger partial charge in [-0.1, -0.05) is 6.07 Å². The number of nitrogens with two attached hydrogens (primary N) is 2. The average Bonchev–Trinajstić information content (AvgIpc) is 2.20. The van der Waals surface area contributed by atoms with Gasteiger partial charge in [-0.3, -0.25) is 4.79 Å². The smallest absolute Gasteiger partial charge is 0.327 e.